The van der Waals surface area contributed by atoms with Crippen LogP contribution in [0.4, 0.5) is 0 Å². The van der Waals surface area contributed by atoms with Crippen LogP contribution < -0.4 is 10.6 Å². The maximum Gasteiger partial charge on any atom is 0.243 e. The van der Waals surface area contributed by atoms with E-state index >= 15 is 0 Å². The van der Waals surface area contributed by atoms with Crippen LogP contribution in [0.3, 0.4) is 0 Å². The minimum Gasteiger partial charge on any atom is -0.352 e. The molecule has 1 unspecified atom stereocenters. The second-order valence-electron chi connectivity index (χ2n) is 5.20. The van der Waals surface area contributed by atoms with Crippen molar-refractivity contribution in [3.8, 4) is 0 Å². The highest BCUT2D eigenvalue weighted by Crippen LogP contribution is 2.22. The van der Waals surface area contributed by atoms with Crippen LogP contribution in [0.25, 0.3) is 0 Å². The molecule has 2 fully saturated rings. The summed E-state index contributed by atoms with van der Waals surface area (Å²) in [4.78, 5) is 25.8. The zero-order valence-corrected chi connectivity index (χ0v) is 11.1. The highest BCUT2D eigenvalue weighted by molar-refractivity contribution is 5.89. The Morgan fingerprint density at radius 1 is 1.28 bits per heavy atom. The monoisotopic (exact) mass is 253 g/mol. The highest BCUT2D eigenvalue weighted by atomic mass is 16.2. The van der Waals surface area contributed by atoms with Crippen LogP contribution in [0.15, 0.2) is 0 Å². The molecule has 0 aromatic rings. The molecule has 0 bridgehead atoms. The molecule has 5 heteroatoms. The predicted octanol–water partition coefficient (Wildman–Crippen LogP) is 0.256. The van der Waals surface area contributed by atoms with Gasteiger partial charge < -0.3 is 15.5 Å². The third-order valence-electron chi connectivity index (χ3n) is 3.50. The summed E-state index contributed by atoms with van der Waals surface area (Å²) in [5.41, 5.74) is 0. The largest absolute Gasteiger partial charge is 0.352 e. The lowest BCUT2D eigenvalue weighted by molar-refractivity contribution is -0.137. The predicted molar refractivity (Wildman–Crippen MR) is 69.1 cm³/mol. The first-order valence-electron chi connectivity index (χ1n) is 7.03. The number of rotatable bonds is 6. The molecule has 1 aliphatic heterocycles. The lowest BCUT2D eigenvalue weighted by Gasteiger charge is -2.24. The number of hydrogen-bond acceptors (Lipinski definition) is 3. The van der Waals surface area contributed by atoms with E-state index in [0.29, 0.717) is 12.6 Å². The van der Waals surface area contributed by atoms with Gasteiger partial charge >= 0.3 is 0 Å². The summed E-state index contributed by atoms with van der Waals surface area (Å²) in [6, 6.07) is 0.134. The van der Waals surface area contributed by atoms with Crippen molar-refractivity contribution in [2.75, 3.05) is 19.6 Å². The van der Waals surface area contributed by atoms with E-state index in [1.807, 2.05) is 0 Å². The first-order chi connectivity index (χ1) is 8.72. The topological polar surface area (TPSA) is 61.4 Å². The molecular weight excluding hydrogens is 230 g/mol. The van der Waals surface area contributed by atoms with Gasteiger partial charge in [0, 0.05) is 12.6 Å². The Morgan fingerprint density at radius 2 is 2.06 bits per heavy atom. The maximum absolute atomic E-state index is 12.0. The van der Waals surface area contributed by atoms with Gasteiger partial charge in [-0.2, -0.15) is 0 Å². The molecule has 1 saturated carbocycles. The molecule has 2 N–H and O–H groups in total. The van der Waals surface area contributed by atoms with Crippen molar-refractivity contribution in [1.29, 1.82) is 0 Å². The summed E-state index contributed by atoms with van der Waals surface area (Å²) >= 11 is 0. The molecule has 0 aromatic heterocycles. The van der Waals surface area contributed by atoms with Crippen LogP contribution >= 0.6 is 0 Å². The van der Waals surface area contributed by atoms with Crippen molar-refractivity contribution in [3.05, 3.63) is 0 Å². The average molecular weight is 253 g/mol. The molecule has 18 heavy (non-hydrogen) atoms. The van der Waals surface area contributed by atoms with E-state index in [1.165, 1.54) is 0 Å². The fourth-order valence-corrected chi connectivity index (χ4v) is 2.34. The van der Waals surface area contributed by atoms with Gasteiger partial charge in [-0.25, -0.2) is 0 Å². The van der Waals surface area contributed by atoms with E-state index in [-0.39, 0.29) is 17.9 Å². The summed E-state index contributed by atoms with van der Waals surface area (Å²) in [5.74, 6) is 0.0933. The van der Waals surface area contributed by atoms with Gasteiger partial charge in [-0.05, 0) is 38.6 Å². The van der Waals surface area contributed by atoms with Gasteiger partial charge in [0.05, 0.1) is 6.54 Å². The molecule has 2 amide bonds. The number of hydrogen-bond donors (Lipinski definition) is 2. The Bertz CT molecular complexity index is 315. The third-order valence-corrected chi connectivity index (χ3v) is 3.50. The Kier molecular flexibility index (Phi) is 4.58. The van der Waals surface area contributed by atoms with Crippen molar-refractivity contribution < 1.29 is 9.59 Å². The van der Waals surface area contributed by atoms with Gasteiger partial charge in [-0.15, -0.1) is 0 Å². The summed E-state index contributed by atoms with van der Waals surface area (Å²) in [7, 11) is 0. The molecule has 1 heterocycles. The van der Waals surface area contributed by atoms with Crippen molar-refractivity contribution >= 4 is 11.8 Å². The lowest BCUT2D eigenvalue weighted by Crippen LogP contribution is -2.48. The SMILES string of the molecule is CCCNCC(=O)N1CCCC1C(=O)NC1CC1. The number of likely N-dealkylation sites (tertiary alicyclic amines) is 1. The molecule has 1 saturated heterocycles. The average Bonchev–Trinajstić information content (AvgIpc) is 3.02. The zero-order valence-electron chi connectivity index (χ0n) is 11.1. The normalized spacial score (nSPS) is 23.2. The smallest absolute Gasteiger partial charge is 0.243 e. The van der Waals surface area contributed by atoms with Gasteiger partial charge in [-0.3, -0.25) is 9.59 Å². The van der Waals surface area contributed by atoms with E-state index in [4.69, 9.17) is 0 Å². The summed E-state index contributed by atoms with van der Waals surface area (Å²) in [6.07, 6.45) is 4.92. The van der Waals surface area contributed by atoms with Crippen LogP contribution in [0.5, 0.6) is 0 Å². The Labute approximate surface area is 108 Å². The number of amides is 2. The van der Waals surface area contributed by atoms with E-state index < -0.39 is 0 Å². The van der Waals surface area contributed by atoms with Crippen molar-refractivity contribution in [3.63, 3.8) is 0 Å². The fraction of sp³-hybridized carbons (Fsp3) is 0.846. The fourth-order valence-electron chi connectivity index (χ4n) is 2.34. The molecule has 1 atom stereocenters. The highest BCUT2D eigenvalue weighted by Gasteiger charge is 2.35. The van der Waals surface area contributed by atoms with Crippen LogP contribution in [-0.2, 0) is 9.59 Å². The molecule has 0 spiro atoms. The quantitative estimate of drug-likeness (QED) is 0.667. The molecule has 2 aliphatic rings. The van der Waals surface area contributed by atoms with Crippen molar-refractivity contribution in [1.82, 2.24) is 15.5 Å². The second kappa shape index (κ2) is 6.18. The maximum atomic E-state index is 12.0. The third kappa shape index (κ3) is 3.45. The molecule has 1 aliphatic carbocycles. The number of carbonyl (C=O) groups is 2. The first kappa shape index (κ1) is 13.3. The van der Waals surface area contributed by atoms with E-state index in [2.05, 4.69) is 17.6 Å². The second-order valence-corrected chi connectivity index (χ2v) is 5.20. The Morgan fingerprint density at radius 3 is 2.72 bits per heavy atom. The Hall–Kier alpha value is -1.10. The Balaban J connectivity index is 1.81. The van der Waals surface area contributed by atoms with Crippen LogP contribution in [0, 0.1) is 0 Å². The number of nitrogens with one attached hydrogen (secondary N) is 2. The molecule has 0 aromatic carbocycles. The van der Waals surface area contributed by atoms with Crippen LogP contribution in [-0.4, -0.2) is 48.4 Å². The molecule has 0 radical (unpaired) electrons. The standard InChI is InChI=1S/C13H23N3O2/c1-2-7-14-9-12(17)16-8-3-4-11(16)13(18)15-10-5-6-10/h10-11,14H,2-9H2,1H3,(H,15,18). The molecule has 102 valence electrons. The van der Waals surface area contributed by atoms with Gasteiger partial charge in [0.15, 0.2) is 0 Å². The van der Waals surface area contributed by atoms with E-state index in [0.717, 1.165) is 45.2 Å². The summed E-state index contributed by atoms with van der Waals surface area (Å²) < 4.78 is 0. The van der Waals surface area contributed by atoms with Gasteiger partial charge in [0.2, 0.25) is 11.8 Å². The van der Waals surface area contributed by atoms with E-state index in [1.54, 1.807) is 4.90 Å². The van der Waals surface area contributed by atoms with Gasteiger partial charge in [0.1, 0.15) is 6.04 Å². The van der Waals surface area contributed by atoms with Crippen LogP contribution in [0.2, 0.25) is 0 Å². The molecule has 2 rings (SSSR count). The minimum atomic E-state index is -0.235. The van der Waals surface area contributed by atoms with Crippen molar-refractivity contribution in [2.24, 2.45) is 0 Å². The van der Waals surface area contributed by atoms with Crippen molar-refractivity contribution in [2.45, 2.75) is 51.1 Å². The lowest BCUT2D eigenvalue weighted by atomic mass is 10.2. The zero-order chi connectivity index (χ0) is 13.0. The number of nitrogens with zero attached hydrogens (tertiary/aromatic N) is 1. The van der Waals surface area contributed by atoms with Gasteiger partial charge in [0.25, 0.3) is 0 Å². The molecular formula is C13H23N3O2. The first-order valence-corrected chi connectivity index (χ1v) is 7.03. The summed E-state index contributed by atoms with van der Waals surface area (Å²) in [5, 5.41) is 6.10. The minimum absolute atomic E-state index is 0.0406. The van der Waals surface area contributed by atoms with E-state index in [9.17, 15) is 9.59 Å². The van der Waals surface area contributed by atoms with Gasteiger partial charge in [-0.1, -0.05) is 6.92 Å². The number of carbonyl (C=O) groups excluding carboxylic acids is 2. The van der Waals surface area contributed by atoms with Crippen LogP contribution in [0.1, 0.15) is 39.0 Å². The molecule has 5 nitrogen and oxygen atoms in total. The summed E-state index contributed by atoms with van der Waals surface area (Å²) in [6.45, 7) is 3.98.